The van der Waals surface area contributed by atoms with Gasteiger partial charge in [0.05, 0.1) is 12.2 Å². The lowest BCUT2D eigenvalue weighted by Gasteiger charge is -2.30. The third-order valence-electron chi connectivity index (χ3n) is 4.93. The van der Waals surface area contributed by atoms with Crippen molar-refractivity contribution in [1.82, 2.24) is 15.1 Å². The predicted molar refractivity (Wildman–Crippen MR) is 77.8 cm³/mol. The number of carbonyl (C=O) groups is 1. The summed E-state index contributed by atoms with van der Waals surface area (Å²) in [6.45, 7) is 9.48. The number of hydrogen-bond acceptors (Lipinski definition) is 3. The van der Waals surface area contributed by atoms with E-state index in [0.29, 0.717) is 12.0 Å². The zero-order valence-corrected chi connectivity index (χ0v) is 13.0. The standard InChI is InChI=1S/C15H29N3O/c1-6-10(2)14-15(19)18(12(4)16-14)9-11(3)17(5)13-7-8-13/h10-14,16H,6-9H2,1-5H3. The molecule has 0 bridgehead atoms. The van der Waals surface area contributed by atoms with Crippen molar-refractivity contribution in [3.8, 4) is 0 Å². The van der Waals surface area contributed by atoms with Crippen LogP contribution in [-0.2, 0) is 4.79 Å². The van der Waals surface area contributed by atoms with Crippen molar-refractivity contribution in [1.29, 1.82) is 0 Å². The van der Waals surface area contributed by atoms with Crippen molar-refractivity contribution in [3.63, 3.8) is 0 Å². The van der Waals surface area contributed by atoms with Crippen molar-refractivity contribution in [2.45, 2.75) is 71.2 Å². The van der Waals surface area contributed by atoms with E-state index in [2.05, 4.69) is 45.0 Å². The Balaban J connectivity index is 1.94. The molecule has 4 unspecified atom stereocenters. The fourth-order valence-electron chi connectivity index (χ4n) is 2.94. The van der Waals surface area contributed by atoms with Gasteiger partial charge in [-0.1, -0.05) is 20.3 Å². The summed E-state index contributed by atoms with van der Waals surface area (Å²) in [7, 11) is 2.19. The van der Waals surface area contributed by atoms with Crippen molar-refractivity contribution >= 4 is 5.91 Å². The Morgan fingerprint density at radius 3 is 2.58 bits per heavy atom. The molecular formula is C15H29N3O. The van der Waals surface area contributed by atoms with Gasteiger partial charge >= 0.3 is 0 Å². The zero-order chi connectivity index (χ0) is 14.2. The van der Waals surface area contributed by atoms with Gasteiger partial charge in [-0.25, -0.2) is 0 Å². The summed E-state index contributed by atoms with van der Waals surface area (Å²) >= 11 is 0. The fourth-order valence-corrected chi connectivity index (χ4v) is 2.94. The van der Waals surface area contributed by atoms with E-state index in [0.717, 1.165) is 19.0 Å². The van der Waals surface area contributed by atoms with Crippen LogP contribution in [0.2, 0.25) is 0 Å². The molecule has 1 heterocycles. The minimum Gasteiger partial charge on any atom is -0.325 e. The third-order valence-corrected chi connectivity index (χ3v) is 4.93. The van der Waals surface area contributed by atoms with Crippen molar-refractivity contribution in [2.24, 2.45) is 5.92 Å². The molecule has 110 valence electrons. The number of hydrogen-bond donors (Lipinski definition) is 1. The van der Waals surface area contributed by atoms with E-state index in [1.165, 1.54) is 12.8 Å². The molecule has 1 saturated heterocycles. The number of likely N-dealkylation sites (N-methyl/N-ethyl adjacent to an activating group) is 1. The van der Waals surface area contributed by atoms with Crippen LogP contribution in [0, 0.1) is 5.92 Å². The predicted octanol–water partition coefficient (Wildman–Crippen LogP) is 1.66. The molecule has 4 atom stereocenters. The molecular weight excluding hydrogens is 238 g/mol. The van der Waals surface area contributed by atoms with Crippen LogP contribution in [0.1, 0.15) is 47.0 Å². The molecule has 2 fully saturated rings. The minimum absolute atomic E-state index is 0.0124. The molecule has 0 radical (unpaired) electrons. The summed E-state index contributed by atoms with van der Waals surface area (Å²) in [5.41, 5.74) is 0. The normalized spacial score (nSPS) is 31.1. The van der Waals surface area contributed by atoms with Crippen LogP contribution in [-0.4, -0.2) is 53.6 Å². The molecule has 0 aromatic rings. The van der Waals surface area contributed by atoms with Gasteiger partial charge < -0.3 is 4.90 Å². The molecule has 2 rings (SSSR count). The highest BCUT2D eigenvalue weighted by molar-refractivity contribution is 5.84. The number of carbonyl (C=O) groups excluding carboxylic acids is 1. The second-order valence-electron chi connectivity index (χ2n) is 6.44. The van der Waals surface area contributed by atoms with Crippen LogP contribution in [0.3, 0.4) is 0 Å². The van der Waals surface area contributed by atoms with E-state index in [1.807, 2.05) is 4.90 Å². The Morgan fingerprint density at radius 2 is 2.05 bits per heavy atom. The Bertz CT molecular complexity index is 329. The first kappa shape index (κ1) is 14.8. The summed E-state index contributed by atoms with van der Waals surface area (Å²) < 4.78 is 0. The van der Waals surface area contributed by atoms with E-state index in [-0.39, 0.29) is 18.1 Å². The summed E-state index contributed by atoms with van der Waals surface area (Å²) in [5.74, 6) is 0.703. The maximum atomic E-state index is 12.5. The molecule has 1 amide bonds. The topological polar surface area (TPSA) is 35.6 Å². The van der Waals surface area contributed by atoms with Crippen molar-refractivity contribution < 1.29 is 4.79 Å². The summed E-state index contributed by atoms with van der Waals surface area (Å²) in [6, 6.07) is 1.20. The highest BCUT2D eigenvalue weighted by Gasteiger charge is 2.40. The third kappa shape index (κ3) is 3.11. The molecule has 1 aliphatic carbocycles. The molecule has 0 aromatic heterocycles. The molecule has 0 spiro atoms. The lowest BCUT2D eigenvalue weighted by Crippen LogP contribution is -2.45. The van der Waals surface area contributed by atoms with Gasteiger partial charge in [-0.05, 0) is 39.7 Å². The molecule has 4 nitrogen and oxygen atoms in total. The van der Waals surface area contributed by atoms with Gasteiger partial charge in [-0.2, -0.15) is 0 Å². The minimum atomic E-state index is 0.0124. The molecule has 0 aromatic carbocycles. The molecule has 1 N–H and O–H groups in total. The van der Waals surface area contributed by atoms with Gasteiger partial charge in [-0.15, -0.1) is 0 Å². The van der Waals surface area contributed by atoms with Crippen molar-refractivity contribution in [2.75, 3.05) is 13.6 Å². The quantitative estimate of drug-likeness (QED) is 0.795. The average Bonchev–Trinajstić information content (AvgIpc) is 3.19. The van der Waals surface area contributed by atoms with E-state index in [9.17, 15) is 4.79 Å². The van der Waals surface area contributed by atoms with Crippen molar-refractivity contribution in [3.05, 3.63) is 0 Å². The van der Waals surface area contributed by atoms with E-state index < -0.39 is 0 Å². The van der Waals surface area contributed by atoms with Crippen LogP contribution >= 0.6 is 0 Å². The second-order valence-corrected chi connectivity index (χ2v) is 6.44. The number of nitrogens with one attached hydrogen (secondary N) is 1. The van der Waals surface area contributed by atoms with E-state index in [1.54, 1.807) is 0 Å². The smallest absolute Gasteiger partial charge is 0.241 e. The fraction of sp³-hybridized carbons (Fsp3) is 0.933. The van der Waals surface area contributed by atoms with Crippen LogP contribution < -0.4 is 5.32 Å². The van der Waals surface area contributed by atoms with Gasteiger partial charge in [0.25, 0.3) is 0 Å². The maximum absolute atomic E-state index is 12.5. The zero-order valence-electron chi connectivity index (χ0n) is 13.0. The van der Waals surface area contributed by atoms with Gasteiger partial charge in [0, 0.05) is 18.6 Å². The van der Waals surface area contributed by atoms with Gasteiger partial charge in [0.1, 0.15) is 0 Å². The number of amides is 1. The summed E-state index contributed by atoms with van der Waals surface area (Å²) in [4.78, 5) is 17.0. The summed E-state index contributed by atoms with van der Waals surface area (Å²) in [6.07, 6.45) is 3.85. The Morgan fingerprint density at radius 1 is 1.42 bits per heavy atom. The highest BCUT2D eigenvalue weighted by Crippen LogP contribution is 2.28. The van der Waals surface area contributed by atoms with Crippen LogP contribution in [0.4, 0.5) is 0 Å². The largest absolute Gasteiger partial charge is 0.325 e. The molecule has 2 aliphatic rings. The lowest BCUT2D eigenvalue weighted by molar-refractivity contribution is -0.131. The van der Waals surface area contributed by atoms with E-state index >= 15 is 0 Å². The molecule has 4 heteroatoms. The summed E-state index contributed by atoms with van der Waals surface area (Å²) in [5, 5.41) is 3.45. The first-order valence-corrected chi connectivity index (χ1v) is 7.74. The maximum Gasteiger partial charge on any atom is 0.241 e. The first-order valence-electron chi connectivity index (χ1n) is 7.74. The monoisotopic (exact) mass is 267 g/mol. The average molecular weight is 267 g/mol. The highest BCUT2D eigenvalue weighted by atomic mass is 16.2. The Kier molecular flexibility index (Phi) is 4.51. The lowest BCUT2D eigenvalue weighted by atomic mass is 9.99. The van der Waals surface area contributed by atoms with Gasteiger partial charge in [0.2, 0.25) is 5.91 Å². The van der Waals surface area contributed by atoms with Crippen LogP contribution in [0.5, 0.6) is 0 Å². The first-order chi connectivity index (χ1) is 8.95. The number of nitrogens with zero attached hydrogens (tertiary/aromatic N) is 2. The van der Waals surface area contributed by atoms with Crippen LogP contribution in [0.15, 0.2) is 0 Å². The SMILES string of the molecule is CCC(C)C1NC(C)N(CC(C)N(C)C2CC2)C1=O. The molecule has 1 saturated carbocycles. The van der Waals surface area contributed by atoms with Crippen LogP contribution in [0.25, 0.3) is 0 Å². The molecule has 19 heavy (non-hydrogen) atoms. The molecule has 1 aliphatic heterocycles. The second kappa shape index (κ2) is 5.80. The Labute approximate surface area is 117 Å². The van der Waals surface area contributed by atoms with Gasteiger partial charge in [-0.3, -0.25) is 15.0 Å². The van der Waals surface area contributed by atoms with Gasteiger partial charge in [0.15, 0.2) is 0 Å². The number of rotatable bonds is 6. The Hall–Kier alpha value is -0.610. The van der Waals surface area contributed by atoms with E-state index in [4.69, 9.17) is 0 Å².